The highest BCUT2D eigenvalue weighted by Gasteiger charge is 2.06. The third kappa shape index (κ3) is 3.90. The number of nitrogens with one attached hydrogen (secondary N) is 1. The lowest BCUT2D eigenvalue weighted by Gasteiger charge is -2.07. The molecule has 3 aromatic rings. The van der Waals surface area contributed by atoms with E-state index in [0.717, 1.165) is 16.5 Å². The maximum Gasteiger partial charge on any atom is 0.222 e. The summed E-state index contributed by atoms with van der Waals surface area (Å²) in [6.45, 7) is 3.14. The molecule has 0 spiro atoms. The van der Waals surface area contributed by atoms with Gasteiger partial charge >= 0.3 is 0 Å². The number of fused-ring (bicyclic) bond motifs is 1. The summed E-state index contributed by atoms with van der Waals surface area (Å²) in [5.41, 5.74) is 3.29. The first-order chi connectivity index (χ1) is 11.1. The van der Waals surface area contributed by atoms with Crippen molar-refractivity contribution in [3.05, 3.63) is 64.8 Å². The molecule has 0 bridgehead atoms. The standard InChI is InChI=1S/C18H18ClN3O/c1-13-3-2-4-14(9-13)11-20-18(23)7-8-22-17-6-5-16(19)10-15(17)12-21-22/h2-6,9-10,12H,7-8,11H2,1H3,(H,20,23). The summed E-state index contributed by atoms with van der Waals surface area (Å²) in [5, 5.41) is 8.93. The molecular weight excluding hydrogens is 310 g/mol. The van der Waals surface area contributed by atoms with Gasteiger partial charge in [0.25, 0.3) is 0 Å². The molecule has 1 heterocycles. The van der Waals surface area contributed by atoms with E-state index in [-0.39, 0.29) is 5.91 Å². The van der Waals surface area contributed by atoms with Crippen LogP contribution in [0.3, 0.4) is 0 Å². The van der Waals surface area contributed by atoms with E-state index in [9.17, 15) is 4.79 Å². The van der Waals surface area contributed by atoms with Crippen LogP contribution in [0.15, 0.2) is 48.7 Å². The fourth-order valence-electron chi connectivity index (χ4n) is 2.55. The van der Waals surface area contributed by atoms with Gasteiger partial charge in [-0.1, -0.05) is 41.4 Å². The van der Waals surface area contributed by atoms with Gasteiger partial charge in [0.15, 0.2) is 0 Å². The molecule has 0 atom stereocenters. The summed E-state index contributed by atoms with van der Waals surface area (Å²) in [4.78, 5) is 12.0. The zero-order chi connectivity index (χ0) is 16.2. The van der Waals surface area contributed by atoms with Crippen LogP contribution < -0.4 is 5.32 Å². The van der Waals surface area contributed by atoms with Crippen molar-refractivity contribution in [3.63, 3.8) is 0 Å². The summed E-state index contributed by atoms with van der Waals surface area (Å²) in [5.74, 6) is 0.0177. The molecule has 0 saturated heterocycles. The second-order valence-electron chi connectivity index (χ2n) is 5.59. The Labute approximate surface area is 140 Å². The van der Waals surface area contributed by atoms with E-state index >= 15 is 0 Å². The smallest absolute Gasteiger partial charge is 0.222 e. The van der Waals surface area contributed by atoms with Crippen molar-refractivity contribution < 1.29 is 4.79 Å². The van der Waals surface area contributed by atoms with Crippen LogP contribution in [-0.2, 0) is 17.9 Å². The van der Waals surface area contributed by atoms with Crippen molar-refractivity contribution in [3.8, 4) is 0 Å². The number of amides is 1. The van der Waals surface area contributed by atoms with Gasteiger partial charge < -0.3 is 5.32 Å². The number of aryl methyl sites for hydroxylation is 2. The lowest BCUT2D eigenvalue weighted by molar-refractivity contribution is -0.121. The molecule has 0 radical (unpaired) electrons. The first-order valence-corrected chi connectivity index (χ1v) is 7.93. The molecule has 0 fully saturated rings. The van der Waals surface area contributed by atoms with Crippen molar-refractivity contribution in [1.29, 1.82) is 0 Å². The molecule has 0 aliphatic heterocycles. The average molecular weight is 328 g/mol. The number of halogens is 1. The molecule has 0 saturated carbocycles. The minimum absolute atomic E-state index is 0.0177. The van der Waals surface area contributed by atoms with Crippen LogP contribution in [-0.4, -0.2) is 15.7 Å². The predicted octanol–water partition coefficient (Wildman–Crippen LogP) is 3.70. The predicted molar refractivity (Wildman–Crippen MR) is 92.4 cm³/mol. The topological polar surface area (TPSA) is 46.9 Å². The van der Waals surface area contributed by atoms with Crippen LogP contribution in [0.4, 0.5) is 0 Å². The highest BCUT2D eigenvalue weighted by atomic mass is 35.5. The van der Waals surface area contributed by atoms with Crippen LogP contribution in [0.5, 0.6) is 0 Å². The van der Waals surface area contributed by atoms with E-state index in [4.69, 9.17) is 11.6 Å². The van der Waals surface area contributed by atoms with Gasteiger partial charge in [-0.3, -0.25) is 9.48 Å². The Kier molecular flexibility index (Phi) is 4.63. The van der Waals surface area contributed by atoms with Gasteiger partial charge in [0, 0.05) is 23.4 Å². The Bertz CT molecular complexity index is 841. The van der Waals surface area contributed by atoms with Crippen molar-refractivity contribution in [2.45, 2.75) is 26.4 Å². The fraction of sp³-hybridized carbons (Fsp3) is 0.222. The minimum atomic E-state index is 0.0177. The van der Waals surface area contributed by atoms with Gasteiger partial charge in [-0.25, -0.2) is 0 Å². The lowest BCUT2D eigenvalue weighted by atomic mass is 10.1. The number of carbonyl (C=O) groups is 1. The Morgan fingerprint density at radius 2 is 2.13 bits per heavy atom. The van der Waals surface area contributed by atoms with Crippen molar-refractivity contribution in [1.82, 2.24) is 15.1 Å². The van der Waals surface area contributed by atoms with E-state index in [1.165, 1.54) is 5.56 Å². The number of rotatable bonds is 5. The highest BCUT2D eigenvalue weighted by Crippen LogP contribution is 2.19. The maximum absolute atomic E-state index is 12.0. The largest absolute Gasteiger partial charge is 0.352 e. The van der Waals surface area contributed by atoms with Gasteiger partial charge in [-0.15, -0.1) is 0 Å². The highest BCUT2D eigenvalue weighted by molar-refractivity contribution is 6.31. The quantitative estimate of drug-likeness (QED) is 0.776. The van der Waals surface area contributed by atoms with Gasteiger partial charge in [-0.05, 0) is 30.7 Å². The summed E-state index contributed by atoms with van der Waals surface area (Å²) >= 11 is 5.96. The van der Waals surface area contributed by atoms with E-state index in [0.29, 0.717) is 24.5 Å². The van der Waals surface area contributed by atoms with E-state index in [2.05, 4.69) is 16.5 Å². The van der Waals surface area contributed by atoms with Crippen LogP contribution >= 0.6 is 11.6 Å². The molecule has 1 amide bonds. The lowest BCUT2D eigenvalue weighted by Crippen LogP contribution is -2.24. The molecule has 0 aliphatic rings. The molecule has 1 N–H and O–H groups in total. The number of benzene rings is 2. The summed E-state index contributed by atoms with van der Waals surface area (Å²) in [7, 11) is 0. The number of aromatic nitrogens is 2. The summed E-state index contributed by atoms with van der Waals surface area (Å²) in [6, 6.07) is 13.8. The second-order valence-corrected chi connectivity index (χ2v) is 6.02. The molecule has 23 heavy (non-hydrogen) atoms. The van der Waals surface area contributed by atoms with Crippen molar-refractivity contribution >= 4 is 28.4 Å². The van der Waals surface area contributed by atoms with Gasteiger partial charge in [-0.2, -0.15) is 5.10 Å². The van der Waals surface area contributed by atoms with Crippen LogP contribution in [0.25, 0.3) is 10.9 Å². The monoisotopic (exact) mass is 327 g/mol. The molecule has 118 valence electrons. The van der Waals surface area contributed by atoms with E-state index in [1.54, 1.807) is 6.20 Å². The van der Waals surface area contributed by atoms with Gasteiger partial charge in [0.05, 0.1) is 18.3 Å². The normalized spacial score (nSPS) is 10.9. The molecule has 0 unspecified atom stereocenters. The first-order valence-electron chi connectivity index (χ1n) is 7.55. The van der Waals surface area contributed by atoms with Gasteiger partial charge in [0.2, 0.25) is 5.91 Å². The number of hydrogen-bond donors (Lipinski definition) is 1. The molecule has 5 heteroatoms. The first kappa shape index (κ1) is 15.6. The summed E-state index contributed by atoms with van der Waals surface area (Å²) in [6.07, 6.45) is 2.16. The molecule has 3 rings (SSSR count). The Morgan fingerprint density at radius 3 is 2.96 bits per heavy atom. The number of carbonyl (C=O) groups excluding carboxylic acids is 1. The Balaban J connectivity index is 1.56. The summed E-state index contributed by atoms with van der Waals surface area (Å²) < 4.78 is 1.83. The SMILES string of the molecule is Cc1cccc(CNC(=O)CCn2ncc3cc(Cl)ccc32)c1. The number of nitrogens with zero attached hydrogens (tertiary/aromatic N) is 2. The molecular formula is C18H18ClN3O. The molecule has 0 aliphatic carbocycles. The van der Waals surface area contributed by atoms with Crippen molar-refractivity contribution in [2.75, 3.05) is 0 Å². The Hall–Kier alpha value is -2.33. The van der Waals surface area contributed by atoms with Gasteiger partial charge in [0.1, 0.15) is 0 Å². The number of hydrogen-bond acceptors (Lipinski definition) is 2. The van der Waals surface area contributed by atoms with Crippen molar-refractivity contribution in [2.24, 2.45) is 0 Å². The average Bonchev–Trinajstić information content (AvgIpc) is 2.93. The zero-order valence-electron chi connectivity index (χ0n) is 12.9. The van der Waals surface area contributed by atoms with E-state index < -0.39 is 0 Å². The third-order valence-corrected chi connectivity index (χ3v) is 3.96. The maximum atomic E-state index is 12.0. The fourth-order valence-corrected chi connectivity index (χ4v) is 2.74. The minimum Gasteiger partial charge on any atom is -0.352 e. The van der Waals surface area contributed by atoms with E-state index in [1.807, 2.05) is 48.0 Å². The van der Waals surface area contributed by atoms with Crippen LogP contribution in [0.1, 0.15) is 17.5 Å². The van der Waals surface area contributed by atoms with Crippen LogP contribution in [0, 0.1) is 6.92 Å². The Morgan fingerprint density at radius 1 is 1.26 bits per heavy atom. The second kappa shape index (κ2) is 6.84. The van der Waals surface area contributed by atoms with Crippen LogP contribution in [0.2, 0.25) is 5.02 Å². The zero-order valence-corrected chi connectivity index (χ0v) is 13.7. The molecule has 4 nitrogen and oxygen atoms in total. The molecule has 1 aromatic heterocycles. The molecule has 2 aromatic carbocycles. The third-order valence-electron chi connectivity index (χ3n) is 3.73.